The van der Waals surface area contributed by atoms with Crippen LogP contribution in [0.5, 0.6) is 5.75 Å². The summed E-state index contributed by atoms with van der Waals surface area (Å²) in [6.07, 6.45) is -2.30. The summed E-state index contributed by atoms with van der Waals surface area (Å²) in [4.78, 5) is 16.0. The van der Waals surface area contributed by atoms with Crippen LogP contribution in [0.25, 0.3) is 5.52 Å². The monoisotopic (exact) mass is 537 g/mol. The maximum Gasteiger partial charge on any atom is 0.323 e. The largest absolute Gasteiger partial charge is 0.468 e. The van der Waals surface area contributed by atoms with Gasteiger partial charge in [0.25, 0.3) is 0 Å². The number of hydrogen-bond acceptors (Lipinski definition) is 11. The summed E-state index contributed by atoms with van der Waals surface area (Å²) in [6, 6.07) is 11.3. The number of anilines is 1. The van der Waals surface area contributed by atoms with Crippen molar-refractivity contribution in [1.29, 1.82) is 0 Å². The van der Waals surface area contributed by atoms with Gasteiger partial charge in [0.2, 0.25) is 0 Å². The number of methoxy groups -OCH3 is 1. The van der Waals surface area contributed by atoms with Gasteiger partial charge in [-0.1, -0.05) is 18.2 Å². The molecule has 5 N–H and O–H groups in total. The molecule has 3 heterocycles. The topological polar surface area (TPSA) is 163 Å². The van der Waals surface area contributed by atoms with Crippen molar-refractivity contribution in [1.82, 2.24) is 19.7 Å². The average Bonchev–Trinajstić information content (AvgIpc) is 3.39. The molecule has 6 atom stereocenters. The number of carbonyl (C=O) groups excluding carboxylic acids is 1. The summed E-state index contributed by atoms with van der Waals surface area (Å²) < 4.78 is 24.4. The van der Waals surface area contributed by atoms with Crippen LogP contribution in [-0.2, 0) is 30.6 Å². The Morgan fingerprint density at radius 1 is 1.33 bits per heavy atom. The molecule has 1 aliphatic heterocycles. The van der Waals surface area contributed by atoms with E-state index in [4.69, 9.17) is 36.1 Å². The van der Waals surface area contributed by atoms with E-state index in [1.165, 1.54) is 18.0 Å². The zero-order valence-corrected chi connectivity index (χ0v) is 21.6. The molecule has 0 amide bonds. The minimum absolute atomic E-state index is 0.257. The second kappa shape index (κ2) is 10.4. The standard InChI is InChI=1S/C22H28N5O7PS/c1-13(21(30)31-3)26-35(36,34-14-7-5-4-6-8-14)32-11-22(2)19(29)17(28)18(33-22)15-9-10-16-20(23)24-12-25-27(15)16/h4-10,12-13,17-19,28-29H,11H2,1-3H3,(H,26,36)(H2,23,24,25)/t13-,17-,18-,19-,22+,35?/m0/s1. The molecule has 4 rings (SSSR count). The highest BCUT2D eigenvalue weighted by Crippen LogP contribution is 2.48. The third-order valence-electron chi connectivity index (χ3n) is 5.85. The van der Waals surface area contributed by atoms with E-state index in [1.807, 2.05) is 6.07 Å². The molecule has 0 spiro atoms. The fourth-order valence-electron chi connectivity index (χ4n) is 3.89. The first kappa shape index (κ1) is 26.4. The number of hydrogen-bond donors (Lipinski definition) is 4. The van der Waals surface area contributed by atoms with Gasteiger partial charge < -0.3 is 34.5 Å². The molecule has 1 saturated heterocycles. The highest BCUT2D eigenvalue weighted by Gasteiger charge is 2.53. The summed E-state index contributed by atoms with van der Waals surface area (Å²) in [7, 11) is 1.26. The number of benzene rings is 1. The SMILES string of the molecule is COC(=O)[C@H](C)NP(=S)(OC[C@@]1(C)O[C@@H](c2ccc3c(N)ncnn23)[C@H](O)[C@@H]1O)Oc1ccccc1. The summed E-state index contributed by atoms with van der Waals surface area (Å²) >= 11 is 5.68. The van der Waals surface area contributed by atoms with Gasteiger partial charge in [0, 0.05) is 0 Å². The Balaban J connectivity index is 1.56. The van der Waals surface area contributed by atoms with E-state index >= 15 is 0 Å². The third-order valence-corrected chi connectivity index (χ3v) is 8.33. The minimum atomic E-state index is -3.36. The lowest BCUT2D eigenvalue weighted by atomic mass is 9.97. The van der Waals surface area contributed by atoms with Crippen LogP contribution in [0.3, 0.4) is 0 Å². The maximum atomic E-state index is 12.0. The number of nitrogens with zero attached hydrogens (tertiary/aromatic N) is 3. The van der Waals surface area contributed by atoms with E-state index in [1.54, 1.807) is 50.2 Å². The van der Waals surface area contributed by atoms with Crippen LogP contribution in [-0.4, -0.2) is 68.3 Å². The number of nitrogens with one attached hydrogen (secondary N) is 1. The zero-order chi connectivity index (χ0) is 26.1. The molecule has 14 heteroatoms. The number of fused-ring (bicyclic) bond motifs is 1. The van der Waals surface area contributed by atoms with Gasteiger partial charge in [-0.2, -0.15) is 5.10 Å². The van der Waals surface area contributed by atoms with Crippen LogP contribution in [0.15, 0.2) is 48.8 Å². The Morgan fingerprint density at radius 3 is 2.75 bits per heavy atom. The number of nitrogens with two attached hydrogens (primary N) is 1. The van der Waals surface area contributed by atoms with Crippen LogP contribution in [0, 0.1) is 0 Å². The fourth-order valence-corrected chi connectivity index (χ4v) is 6.37. The molecule has 0 radical (unpaired) electrons. The molecule has 0 bridgehead atoms. The molecule has 3 aromatic rings. The zero-order valence-electron chi connectivity index (χ0n) is 19.8. The maximum absolute atomic E-state index is 12.0. The Kier molecular flexibility index (Phi) is 7.62. The molecule has 1 unspecified atom stereocenters. The molecule has 0 saturated carbocycles. The second-order valence-electron chi connectivity index (χ2n) is 8.54. The lowest BCUT2D eigenvalue weighted by Gasteiger charge is -2.32. The van der Waals surface area contributed by atoms with E-state index < -0.39 is 42.6 Å². The first-order chi connectivity index (χ1) is 17.1. The first-order valence-electron chi connectivity index (χ1n) is 11.0. The Labute approximate surface area is 212 Å². The summed E-state index contributed by atoms with van der Waals surface area (Å²) in [5.74, 6) is 0.142. The van der Waals surface area contributed by atoms with Gasteiger partial charge in [-0.15, -0.1) is 0 Å². The molecule has 1 aliphatic rings. The lowest BCUT2D eigenvalue weighted by Crippen LogP contribution is -2.45. The number of rotatable bonds is 9. The van der Waals surface area contributed by atoms with E-state index in [0.29, 0.717) is 17.0 Å². The number of carbonyl (C=O) groups is 1. The van der Waals surface area contributed by atoms with Gasteiger partial charge in [0.05, 0.1) is 19.4 Å². The number of esters is 1. The highest BCUT2D eigenvalue weighted by molar-refractivity contribution is 8.09. The van der Waals surface area contributed by atoms with Crippen LogP contribution in [0.4, 0.5) is 5.82 Å². The van der Waals surface area contributed by atoms with E-state index in [-0.39, 0.29) is 12.4 Å². The minimum Gasteiger partial charge on any atom is -0.468 e. The van der Waals surface area contributed by atoms with Crippen molar-refractivity contribution < 1.29 is 33.5 Å². The van der Waals surface area contributed by atoms with Crippen molar-refractivity contribution in [3.63, 3.8) is 0 Å². The summed E-state index contributed by atoms with van der Waals surface area (Å²) in [5.41, 5.74) is 5.54. The third kappa shape index (κ3) is 5.23. The van der Waals surface area contributed by atoms with Crippen LogP contribution in [0.2, 0.25) is 0 Å². The molecular formula is C22H28N5O7PS. The van der Waals surface area contributed by atoms with Crippen molar-refractivity contribution in [3.05, 3.63) is 54.5 Å². The van der Waals surface area contributed by atoms with Gasteiger partial charge in [-0.25, -0.2) is 14.6 Å². The first-order valence-corrected chi connectivity index (χ1v) is 13.7. The van der Waals surface area contributed by atoms with Crippen molar-refractivity contribution in [2.24, 2.45) is 0 Å². The smallest absolute Gasteiger partial charge is 0.323 e. The predicted octanol–water partition coefficient (Wildman–Crippen LogP) is 1.33. The van der Waals surface area contributed by atoms with Crippen LogP contribution >= 0.6 is 6.64 Å². The highest BCUT2D eigenvalue weighted by atomic mass is 32.5. The van der Waals surface area contributed by atoms with E-state index in [0.717, 1.165) is 0 Å². The Hall–Kier alpha value is -2.64. The molecule has 0 aliphatic carbocycles. The van der Waals surface area contributed by atoms with Gasteiger partial charge in [0.1, 0.15) is 47.5 Å². The lowest BCUT2D eigenvalue weighted by molar-refractivity contribution is -0.142. The average molecular weight is 538 g/mol. The van der Waals surface area contributed by atoms with E-state index in [9.17, 15) is 15.0 Å². The number of nitrogen functional groups attached to an aromatic ring is 1. The molecule has 1 fully saturated rings. The van der Waals surface area contributed by atoms with Gasteiger partial charge in [-0.05, 0) is 49.9 Å². The van der Waals surface area contributed by atoms with Crippen LogP contribution < -0.4 is 15.3 Å². The van der Waals surface area contributed by atoms with Gasteiger partial charge in [0.15, 0.2) is 5.82 Å². The molecule has 36 heavy (non-hydrogen) atoms. The van der Waals surface area contributed by atoms with E-state index in [2.05, 4.69) is 15.2 Å². The molecular weight excluding hydrogens is 509 g/mol. The summed E-state index contributed by atoms with van der Waals surface area (Å²) in [6.45, 7) is -0.464. The number of ether oxygens (including phenoxy) is 2. The molecule has 194 valence electrons. The Bertz CT molecular complexity index is 1280. The normalized spacial score (nSPS) is 26.4. The van der Waals surface area contributed by atoms with Crippen molar-refractivity contribution in [2.45, 2.75) is 43.8 Å². The molecule has 1 aromatic carbocycles. The Morgan fingerprint density at radius 2 is 2.06 bits per heavy atom. The number of aliphatic hydroxyl groups is 2. The van der Waals surface area contributed by atoms with Crippen molar-refractivity contribution in [3.8, 4) is 5.75 Å². The molecule has 12 nitrogen and oxygen atoms in total. The van der Waals surface area contributed by atoms with Crippen molar-refractivity contribution in [2.75, 3.05) is 19.5 Å². The van der Waals surface area contributed by atoms with Gasteiger partial charge >= 0.3 is 12.6 Å². The number of para-hydroxylation sites is 1. The number of aliphatic hydroxyl groups excluding tert-OH is 2. The van der Waals surface area contributed by atoms with Crippen LogP contribution in [0.1, 0.15) is 25.6 Å². The fraction of sp³-hybridized carbons (Fsp3) is 0.409. The number of aromatic nitrogens is 3. The quantitative estimate of drug-likeness (QED) is 0.229. The second-order valence-corrected chi connectivity index (χ2v) is 11.7. The van der Waals surface area contributed by atoms with Crippen molar-refractivity contribution >= 4 is 35.8 Å². The predicted molar refractivity (Wildman–Crippen MR) is 134 cm³/mol. The van der Waals surface area contributed by atoms with Gasteiger partial charge in [-0.3, -0.25) is 4.79 Å². The molecule has 2 aromatic heterocycles. The summed E-state index contributed by atoms with van der Waals surface area (Å²) in [5, 5.41) is 28.9.